The second-order valence-corrected chi connectivity index (χ2v) is 11.0. The molecule has 38 heavy (non-hydrogen) atoms. The van der Waals surface area contributed by atoms with E-state index in [0.717, 1.165) is 27.2 Å². The van der Waals surface area contributed by atoms with Gasteiger partial charge in [-0.15, -0.1) is 0 Å². The third-order valence-electron chi connectivity index (χ3n) is 7.57. The number of nitriles is 1. The molecule has 0 saturated carbocycles. The van der Waals surface area contributed by atoms with Gasteiger partial charge < -0.3 is 10.0 Å². The minimum Gasteiger partial charge on any atom is -0.465 e. The first-order valence-corrected chi connectivity index (χ1v) is 12.8. The van der Waals surface area contributed by atoms with Crippen LogP contribution >= 0.6 is 0 Å². The van der Waals surface area contributed by atoms with Crippen LogP contribution in [0.1, 0.15) is 49.5 Å². The molecule has 1 fully saturated rings. The van der Waals surface area contributed by atoms with Crippen LogP contribution in [0.3, 0.4) is 0 Å². The number of rotatable bonds is 3. The van der Waals surface area contributed by atoms with Crippen molar-refractivity contribution in [3.63, 3.8) is 0 Å². The lowest BCUT2D eigenvalue weighted by Crippen LogP contribution is -2.52. The average molecular weight is 507 g/mol. The van der Waals surface area contributed by atoms with Crippen molar-refractivity contribution >= 4 is 45.3 Å². The Balaban J connectivity index is 1.56. The molecule has 1 saturated heterocycles. The Labute approximate surface area is 221 Å². The molecular formula is C31H30N4O3. The fourth-order valence-electron chi connectivity index (χ4n) is 5.61. The van der Waals surface area contributed by atoms with E-state index in [4.69, 9.17) is 0 Å². The lowest BCUT2D eigenvalue weighted by atomic mass is 9.77. The molecule has 7 heteroatoms. The van der Waals surface area contributed by atoms with Gasteiger partial charge in [-0.1, -0.05) is 57.2 Å². The molecular weight excluding hydrogens is 476 g/mol. The van der Waals surface area contributed by atoms with Crippen LogP contribution in [-0.4, -0.2) is 44.1 Å². The Kier molecular flexibility index (Phi) is 6.50. The lowest BCUT2D eigenvalue weighted by Gasteiger charge is -2.44. The Bertz CT molecular complexity index is 1610. The molecule has 0 bridgehead atoms. The zero-order chi connectivity index (χ0) is 27.0. The van der Waals surface area contributed by atoms with Gasteiger partial charge in [-0.25, -0.2) is 4.79 Å². The molecule has 7 nitrogen and oxygen atoms in total. The largest absolute Gasteiger partial charge is 0.465 e. The van der Waals surface area contributed by atoms with Crippen molar-refractivity contribution in [2.45, 2.75) is 39.7 Å². The molecule has 1 aliphatic rings. The number of carbonyl (C=O) groups is 2. The maximum atomic E-state index is 13.9. The first-order chi connectivity index (χ1) is 18.2. The van der Waals surface area contributed by atoms with E-state index in [0.29, 0.717) is 30.5 Å². The molecule has 1 amide bonds. The van der Waals surface area contributed by atoms with E-state index in [1.54, 1.807) is 23.2 Å². The van der Waals surface area contributed by atoms with Crippen molar-refractivity contribution in [2.75, 3.05) is 6.54 Å². The third-order valence-corrected chi connectivity index (χ3v) is 7.57. The summed E-state index contributed by atoms with van der Waals surface area (Å²) in [5.41, 5.74) is 2.50. The Morgan fingerprint density at radius 1 is 1.11 bits per heavy atom. The summed E-state index contributed by atoms with van der Waals surface area (Å²) in [6, 6.07) is 17.5. The molecule has 2 aromatic carbocycles. The second-order valence-electron chi connectivity index (χ2n) is 11.0. The number of nitrogens with zero attached hydrogens (tertiary/aromatic N) is 4. The zero-order valence-electron chi connectivity index (χ0n) is 21.8. The summed E-state index contributed by atoms with van der Waals surface area (Å²) < 4.78 is 1.66. The standard InChI is InChI=1S/C31H30N4O3/c1-31(2,3)28-16-21(12-14-34(28)30(37)38)29(36)35-19-26(25-9-4-5-10-27(25)35)23(17-32)15-20-7-6-8-22-18-33-13-11-24(20)22/h4-11,13,15,18-19,21,28H,12,14,16H2,1-3H3,(H,37,38)/b23-15+. The predicted octanol–water partition coefficient (Wildman–Crippen LogP) is 6.70. The molecule has 2 aromatic heterocycles. The minimum atomic E-state index is -0.947. The summed E-state index contributed by atoms with van der Waals surface area (Å²) in [5.74, 6) is -0.390. The number of carbonyl (C=O) groups excluding carboxylic acids is 1. The van der Waals surface area contributed by atoms with Crippen molar-refractivity contribution < 1.29 is 14.7 Å². The van der Waals surface area contributed by atoms with Crippen molar-refractivity contribution in [3.05, 3.63) is 78.2 Å². The Morgan fingerprint density at radius 3 is 2.63 bits per heavy atom. The van der Waals surface area contributed by atoms with Gasteiger partial charge >= 0.3 is 6.09 Å². The Hall–Kier alpha value is -4.44. The SMILES string of the molecule is CC(C)(C)C1CC(C(=O)n2cc(/C(C#N)=C/c3cccc4cnccc34)c3ccccc32)CCN1C(=O)O. The molecule has 0 radical (unpaired) electrons. The molecule has 1 aliphatic heterocycles. The lowest BCUT2D eigenvalue weighted by molar-refractivity contribution is 0.0345. The number of pyridine rings is 1. The van der Waals surface area contributed by atoms with E-state index in [2.05, 4.69) is 11.1 Å². The molecule has 192 valence electrons. The quantitative estimate of drug-likeness (QED) is 0.312. The number of hydrogen-bond acceptors (Lipinski definition) is 4. The number of amides is 1. The molecule has 2 unspecified atom stereocenters. The zero-order valence-corrected chi connectivity index (χ0v) is 21.8. The summed E-state index contributed by atoms with van der Waals surface area (Å²) in [6.45, 7) is 6.35. The van der Waals surface area contributed by atoms with Gasteiger partial charge in [0.2, 0.25) is 5.91 Å². The summed E-state index contributed by atoms with van der Waals surface area (Å²) in [4.78, 5) is 31.4. The fraction of sp³-hybridized carbons (Fsp3) is 0.290. The maximum Gasteiger partial charge on any atom is 0.407 e. The number of benzene rings is 2. The molecule has 3 heterocycles. The van der Waals surface area contributed by atoms with Crippen LogP contribution in [0.5, 0.6) is 0 Å². The van der Waals surface area contributed by atoms with Crippen LogP contribution in [0.2, 0.25) is 0 Å². The van der Waals surface area contributed by atoms with E-state index >= 15 is 0 Å². The summed E-state index contributed by atoms with van der Waals surface area (Å²) in [6.07, 6.45) is 7.13. The normalized spacial score (nSPS) is 18.5. The maximum absolute atomic E-state index is 13.9. The predicted molar refractivity (Wildman–Crippen MR) is 148 cm³/mol. The summed E-state index contributed by atoms with van der Waals surface area (Å²) in [5, 5.41) is 22.7. The molecule has 4 aromatic rings. The number of likely N-dealkylation sites (tertiary alicyclic amines) is 1. The minimum absolute atomic E-state index is 0.0692. The van der Waals surface area contributed by atoms with Crippen molar-refractivity contribution in [1.29, 1.82) is 5.26 Å². The summed E-state index contributed by atoms with van der Waals surface area (Å²) >= 11 is 0. The number of fused-ring (bicyclic) bond motifs is 2. The average Bonchev–Trinajstić information content (AvgIpc) is 3.30. The highest BCUT2D eigenvalue weighted by Crippen LogP contribution is 2.37. The van der Waals surface area contributed by atoms with Crippen LogP contribution in [-0.2, 0) is 0 Å². The summed E-state index contributed by atoms with van der Waals surface area (Å²) in [7, 11) is 0. The molecule has 5 rings (SSSR count). The first-order valence-electron chi connectivity index (χ1n) is 12.8. The van der Waals surface area contributed by atoms with E-state index < -0.39 is 6.09 Å². The topological polar surface area (TPSA) is 99.2 Å². The van der Waals surface area contributed by atoms with Gasteiger partial charge in [0, 0.05) is 53.4 Å². The van der Waals surface area contributed by atoms with Gasteiger partial charge in [-0.2, -0.15) is 5.26 Å². The second kappa shape index (κ2) is 9.79. The van der Waals surface area contributed by atoms with Gasteiger partial charge in [0.05, 0.1) is 17.2 Å². The van der Waals surface area contributed by atoms with E-state index in [-0.39, 0.29) is 23.3 Å². The monoisotopic (exact) mass is 506 g/mol. The van der Waals surface area contributed by atoms with E-state index in [1.165, 1.54) is 4.90 Å². The number of hydrogen-bond donors (Lipinski definition) is 1. The first kappa shape index (κ1) is 25.2. The van der Waals surface area contributed by atoms with Crippen molar-refractivity contribution in [3.8, 4) is 6.07 Å². The van der Waals surface area contributed by atoms with Crippen LogP contribution in [0.4, 0.5) is 4.79 Å². The fourth-order valence-corrected chi connectivity index (χ4v) is 5.61. The number of piperidine rings is 1. The smallest absolute Gasteiger partial charge is 0.407 e. The number of aromatic nitrogens is 2. The third kappa shape index (κ3) is 4.54. The van der Waals surface area contributed by atoms with Crippen molar-refractivity contribution in [1.82, 2.24) is 14.5 Å². The number of carboxylic acid groups (broad SMARTS) is 1. The highest BCUT2D eigenvalue weighted by Gasteiger charge is 2.41. The number of allylic oxidation sites excluding steroid dienone is 1. The molecule has 1 N–H and O–H groups in total. The van der Waals surface area contributed by atoms with Crippen LogP contribution in [0.25, 0.3) is 33.3 Å². The van der Waals surface area contributed by atoms with Gasteiger partial charge in [-0.05, 0) is 47.4 Å². The van der Waals surface area contributed by atoms with Crippen LogP contribution < -0.4 is 0 Å². The molecule has 0 spiro atoms. The highest BCUT2D eigenvalue weighted by molar-refractivity contribution is 6.06. The van der Waals surface area contributed by atoms with Gasteiger partial charge in [0.25, 0.3) is 0 Å². The molecule has 0 aliphatic carbocycles. The highest BCUT2D eigenvalue weighted by atomic mass is 16.4. The van der Waals surface area contributed by atoms with E-state index in [1.807, 2.05) is 75.4 Å². The van der Waals surface area contributed by atoms with E-state index in [9.17, 15) is 20.0 Å². The van der Waals surface area contributed by atoms with Crippen LogP contribution in [0, 0.1) is 22.7 Å². The van der Waals surface area contributed by atoms with Gasteiger partial charge in [0.1, 0.15) is 0 Å². The Morgan fingerprint density at radius 2 is 1.89 bits per heavy atom. The number of para-hydroxylation sites is 1. The molecule has 2 atom stereocenters. The van der Waals surface area contributed by atoms with Crippen molar-refractivity contribution in [2.24, 2.45) is 11.3 Å². The van der Waals surface area contributed by atoms with Crippen LogP contribution in [0.15, 0.2) is 67.1 Å². The van der Waals surface area contributed by atoms with Gasteiger partial charge in [0.15, 0.2) is 0 Å². The van der Waals surface area contributed by atoms with Gasteiger partial charge in [-0.3, -0.25) is 14.3 Å².